The first-order valence-corrected chi connectivity index (χ1v) is 5.97. The molecule has 0 aromatic heterocycles. The van der Waals surface area contributed by atoms with E-state index in [0.717, 1.165) is 6.42 Å². The van der Waals surface area contributed by atoms with E-state index in [4.69, 9.17) is 0 Å². The van der Waals surface area contributed by atoms with Gasteiger partial charge in [0.25, 0.3) is 0 Å². The molecule has 0 aromatic rings. The third-order valence-electron chi connectivity index (χ3n) is 2.36. The predicted octanol–water partition coefficient (Wildman–Crippen LogP) is 4.35. The van der Waals surface area contributed by atoms with E-state index in [0.29, 0.717) is 6.42 Å². The van der Waals surface area contributed by atoms with Crippen molar-refractivity contribution in [3.8, 4) is 0 Å². The van der Waals surface area contributed by atoms with Crippen LogP contribution in [0.25, 0.3) is 0 Å². The zero-order valence-corrected chi connectivity index (χ0v) is 10.1. The van der Waals surface area contributed by atoms with Gasteiger partial charge in [0.1, 0.15) is 0 Å². The number of allylic oxidation sites excluding steroid dienone is 4. The highest BCUT2D eigenvalue weighted by molar-refractivity contribution is 5.53. The van der Waals surface area contributed by atoms with E-state index in [9.17, 15) is 4.79 Å². The lowest BCUT2D eigenvalue weighted by Crippen LogP contribution is -1.76. The van der Waals surface area contributed by atoms with Gasteiger partial charge < -0.3 is 0 Å². The molecule has 0 rings (SSSR count). The molecule has 0 heterocycles. The van der Waals surface area contributed by atoms with Crippen molar-refractivity contribution in [2.24, 2.45) is 0 Å². The van der Waals surface area contributed by atoms with Gasteiger partial charge in [-0.25, -0.2) is 0 Å². The zero-order chi connectivity index (χ0) is 11.4. The fourth-order valence-corrected chi connectivity index (χ4v) is 1.38. The second-order valence-electron chi connectivity index (χ2n) is 3.92. The SMILES string of the molecule is CCCCCCC=CCC(C)=CC[C]=O. The van der Waals surface area contributed by atoms with Crippen molar-refractivity contribution in [2.45, 2.75) is 58.8 Å². The summed E-state index contributed by atoms with van der Waals surface area (Å²) >= 11 is 0. The minimum absolute atomic E-state index is 0.427. The van der Waals surface area contributed by atoms with E-state index < -0.39 is 0 Å². The minimum atomic E-state index is 0.427. The van der Waals surface area contributed by atoms with Crippen molar-refractivity contribution >= 4 is 6.29 Å². The first-order chi connectivity index (χ1) is 7.31. The molecule has 0 amide bonds. The summed E-state index contributed by atoms with van der Waals surface area (Å²) in [5.41, 5.74) is 1.25. The molecule has 1 radical (unpaired) electrons. The fraction of sp³-hybridized carbons (Fsp3) is 0.643. The Hall–Kier alpha value is -0.850. The Labute approximate surface area is 94.3 Å². The monoisotopic (exact) mass is 207 g/mol. The summed E-state index contributed by atoms with van der Waals surface area (Å²) < 4.78 is 0. The molecule has 0 atom stereocenters. The smallest absolute Gasteiger partial charge is 0.202 e. The van der Waals surface area contributed by atoms with E-state index in [-0.39, 0.29) is 0 Å². The van der Waals surface area contributed by atoms with Crippen LogP contribution >= 0.6 is 0 Å². The maximum absolute atomic E-state index is 10.00. The van der Waals surface area contributed by atoms with Gasteiger partial charge in [0, 0.05) is 6.42 Å². The third kappa shape index (κ3) is 11.1. The lowest BCUT2D eigenvalue weighted by atomic mass is 10.1. The summed E-state index contributed by atoms with van der Waals surface area (Å²) in [6.45, 7) is 4.28. The molecule has 0 aromatic carbocycles. The molecule has 1 heteroatoms. The van der Waals surface area contributed by atoms with E-state index in [1.54, 1.807) is 0 Å². The van der Waals surface area contributed by atoms with Crippen LogP contribution in [0.5, 0.6) is 0 Å². The number of hydrogen-bond acceptors (Lipinski definition) is 1. The Bertz CT molecular complexity index is 201. The molecule has 85 valence electrons. The van der Waals surface area contributed by atoms with E-state index in [1.165, 1.54) is 37.7 Å². The molecule has 0 aliphatic rings. The summed E-state index contributed by atoms with van der Waals surface area (Å²) in [7, 11) is 0. The molecule has 1 nitrogen and oxygen atoms in total. The third-order valence-corrected chi connectivity index (χ3v) is 2.36. The first kappa shape index (κ1) is 14.2. The van der Waals surface area contributed by atoms with Crippen LogP contribution in [0.2, 0.25) is 0 Å². The molecule has 0 bridgehead atoms. The standard InChI is InChI=1S/C14H23O/c1-3-4-5-6-7-8-9-11-14(2)12-10-13-15/h8-9,12H,3-7,10-11H2,1-2H3. The van der Waals surface area contributed by atoms with Gasteiger partial charge in [-0.05, 0) is 26.2 Å². The lowest BCUT2D eigenvalue weighted by molar-refractivity contribution is 0.556. The van der Waals surface area contributed by atoms with Gasteiger partial charge in [-0.3, -0.25) is 4.79 Å². The molecular formula is C14H23O. The van der Waals surface area contributed by atoms with Crippen LogP contribution in [-0.2, 0) is 4.79 Å². The summed E-state index contributed by atoms with van der Waals surface area (Å²) in [4.78, 5) is 10.00. The molecule has 0 aliphatic carbocycles. The molecule has 15 heavy (non-hydrogen) atoms. The summed E-state index contributed by atoms with van der Waals surface area (Å²) in [6.07, 6.45) is 16.1. The molecule has 0 saturated carbocycles. The average molecular weight is 207 g/mol. The van der Waals surface area contributed by atoms with Gasteiger partial charge in [0.15, 0.2) is 0 Å². The summed E-state index contributed by atoms with van der Waals surface area (Å²) in [5, 5.41) is 0. The lowest BCUT2D eigenvalue weighted by Gasteiger charge is -1.95. The normalized spacial score (nSPS) is 12.3. The topological polar surface area (TPSA) is 17.1 Å². The Kier molecular flexibility index (Phi) is 10.6. The highest BCUT2D eigenvalue weighted by Gasteiger charge is 1.86. The Morgan fingerprint density at radius 1 is 1.20 bits per heavy atom. The Morgan fingerprint density at radius 2 is 2.00 bits per heavy atom. The summed E-state index contributed by atoms with van der Waals surface area (Å²) in [6, 6.07) is 0. The van der Waals surface area contributed by atoms with Crippen molar-refractivity contribution in [2.75, 3.05) is 0 Å². The maximum atomic E-state index is 10.00. The van der Waals surface area contributed by atoms with Crippen LogP contribution in [0.4, 0.5) is 0 Å². The van der Waals surface area contributed by atoms with Crippen molar-refractivity contribution in [3.05, 3.63) is 23.8 Å². The second kappa shape index (κ2) is 11.2. The van der Waals surface area contributed by atoms with Gasteiger partial charge in [-0.1, -0.05) is 50.0 Å². The fourth-order valence-electron chi connectivity index (χ4n) is 1.38. The highest BCUT2D eigenvalue weighted by atomic mass is 16.1. The molecular weight excluding hydrogens is 184 g/mol. The summed E-state index contributed by atoms with van der Waals surface area (Å²) in [5.74, 6) is 0. The Morgan fingerprint density at radius 3 is 2.67 bits per heavy atom. The first-order valence-electron chi connectivity index (χ1n) is 5.97. The highest BCUT2D eigenvalue weighted by Crippen LogP contribution is 2.06. The Balaban J connectivity index is 3.40. The van der Waals surface area contributed by atoms with Crippen molar-refractivity contribution < 1.29 is 4.79 Å². The van der Waals surface area contributed by atoms with Crippen LogP contribution in [0, 0.1) is 0 Å². The number of carbonyl (C=O) groups excluding carboxylic acids is 1. The molecule has 0 unspecified atom stereocenters. The quantitative estimate of drug-likeness (QED) is 0.406. The van der Waals surface area contributed by atoms with Crippen molar-refractivity contribution in [1.29, 1.82) is 0 Å². The van der Waals surface area contributed by atoms with Gasteiger partial charge in [-0.15, -0.1) is 0 Å². The number of unbranched alkanes of at least 4 members (excludes halogenated alkanes) is 4. The second-order valence-corrected chi connectivity index (χ2v) is 3.92. The van der Waals surface area contributed by atoms with Crippen molar-refractivity contribution in [1.82, 2.24) is 0 Å². The predicted molar refractivity (Wildman–Crippen MR) is 66.6 cm³/mol. The van der Waals surface area contributed by atoms with Crippen LogP contribution in [-0.4, -0.2) is 6.29 Å². The van der Waals surface area contributed by atoms with E-state index >= 15 is 0 Å². The molecule has 0 fully saturated rings. The van der Waals surface area contributed by atoms with Gasteiger partial charge in [0.05, 0.1) is 0 Å². The molecule has 0 N–H and O–H groups in total. The van der Waals surface area contributed by atoms with Gasteiger partial charge in [0.2, 0.25) is 6.29 Å². The van der Waals surface area contributed by atoms with Crippen LogP contribution < -0.4 is 0 Å². The number of rotatable bonds is 9. The maximum Gasteiger partial charge on any atom is 0.202 e. The van der Waals surface area contributed by atoms with Crippen LogP contribution in [0.15, 0.2) is 23.8 Å². The zero-order valence-electron chi connectivity index (χ0n) is 10.1. The van der Waals surface area contributed by atoms with Gasteiger partial charge >= 0.3 is 0 Å². The molecule has 0 spiro atoms. The van der Waals surface area contributed by atoms with Crippen LogP contribution in [0.1, 0.15) is 58.8 Å². The average Bonchev–Trinajstić information content (AvgIpc) is 2.25. The van der Waals surface area contributed by atoms with Gasteiger partial charge in [-0.2, -0.15) is 0 Å². The molecule has 0 aliphatic heterocycles. The van der Waals surface area contributed by atoms with Crippen LogP contribution in [0.3, 0.4) is 0 Å². The minimum Gasteiger partial charge on any atom is -0.291 e. The van der Waals surface area contributed by atoms with E-state index in [1.807, 2.05) is 12.4 Å². The van der Waals surface area contributed by atoms with E-state index in [2.05, 4.69) is 26.0 Å². The molecule has 0 saturated heterocycles. The largest absolute Gasteiger partial charge is 0.291 e. The van der Waals surface area contributed by atoms with Crippen molar-refractivity contribution in [3.63, 3.8) is 0 Å². The number of hydrogen-bond donors (Lipinski definition) is 0.